The SMILES string of the molecule is Cc1ccc2oc(-c3ccc(Cl)cc3)c(OCc3c(F)cccc3Cl)c(=O)c2c1. The van der Waals surface area contributed by atoms with Crippen molar-refractivity contribution in [3.8, 4) is 17.1 Å². The van der Waals surface area contributed by atoms with Gasteiger partial charge >= 0.3 is 0 Å². The first-order valence-electron chi connectivity index (χ1n) is 8.83. The Morgan fingerprint density at radius 3 is 2.52 bits per heavy atom. The third-order valence-corrected chi connectivity index (χ3v) is 5.14. The molecule has 0 unspecified atom stereocenters. The van der Waals surface area contributed by atoms with Gasteiger partial charge in [-0.05, 0) is 55.5 Å². The van der Waals surface area contributed by atoms with Crippen LogP contribution in [0.2, 0.25) is 10.0 Å². The van der Waals surface area contributed by atoms with E-state index in [9.17, 15) is 9.18 Å². The lowest BCUT2D eigenvalue weighted by atomic mass is 10.1. The molecule has 6 heteroatoms. The van der Waals surface area contributed by atoms with Gasteiger partial charge < -0.3 is 9.15 Å². The van der Waals surface area contributed by atoms with Crippen molar-refractivity contribution in [3.63, 3.8) is 0 Å². The molecule has 4 aromatic rings. The number of hydrogen-bond acceptors (Lipinski definition) is 3. The zero-order valence-corrected chi connectivity index (χ0v) is 16.9. The Hall–Kier alpha value is -2.82. The van der Waals surface area contributed by atoms with Crippen LogP contribution in [-0.4, -0.2) is 0 Å². The number of rotatable bonds is 4. The summed E-state index contributed by atoms with van der Waals surface area (Å²) in [5.41, 5.74) is 1.78. The van der Waals surface area contributed by atoms with Gasteiger partial charge in [-0.25, -0.2) is 4.39 Å². The van der Waals surface area contributed by atoms with Gasteiger partial charge in [0.1, 0.15) is 18.0 Å². The molecule has 0 bridgehead atoms. The van der Waals surface area contributed by atoms with E-state index in [4.69, 9.17) is 32.4 Å². The second-order valence-corrected chi connectivity index (χ2v) is 7.43. The van der Waals surface area contributed by atoms with Crippen molar-refractivity contribution in [1.82, 2.24) is 0 Å². The number of halogens is 3. The smallest absolute Gasteiger partial charge is 0.235 e. The van der Waals surface area contributed by atoms with E-state index >= 15 is 0 Å². The first kappa shape index (κ1) is 19.5. The molecular formula is C23H15Cl2FO3. The number of benzene rings is 3. The lowest BCUT2D eigenvalue weighted by Gasteiger charge is -2.13. The third kappa shape index (κ3) is 3.86. The standard InChI is InChI=1S/C23H15Cl2FO3/c1-13-5-10-20-16(11-13)21(27)23(22(29-20)14-6-8-15(24)9-7-14)28-12-17-18(25)3-2-4-19(17)26/h2-11H,12H2,1H3. The summed E-state index contributed by atoms with van der Waals surface area (Å²) in [5.74, 6) is -0.271. The van der Waals surface area contributed by atoms with Gasteiger partial charge in [-0.1, -0.05) is 40.9 Å². The van der Waals surface area contributed by atoms with Crippen LogP contribution in [0.25, 0.3) is 22.3 Å². The molecule has 3 nitrogen and oxygen atoms in total. The predicted molar refractivity (Wildman–Crippen MR) is 113 cm³/mol. The molecule has 3 aromatic carbocycles. The fourth-order valence-corrected chi connectivity index (χ4v) is 3.37. The summed E-state index contributed by atoms with van der Waals surface area (Å²) in [6, 6.07) is 16.5. The van der Waals surface area contributed by atoms with E-state index < -0.39 is 5.82 Å². The Morgan fingerprint density at radius 2 is 1.79 bits per heavy atom. The van der Waals surface area contributed by atoms with E-state index in [1.54, 1.807) is 42.5 Å². The minimum atomic E-state index is -0.508. The van der Waals surface area contributed by atoms with Crippen molar-refractivity contribution in [2.75, 3.05) is 0 Å². The third-order valence-electron chi connectivity index (χ3n) is 4.53. The van der Waals surface area contributed by atoms with Crippen LogP contribution in [0.4, 0.5) is 4.39 Å². The topological polar surface area (TPSA) is 39.4 Å². The highest BCUT2D eigenvalue weighted by Crippen LogP contribution is 2.33. The van der Waals surface area contributed by atoms with Crippen LogP contribution >= 0.6 is 23.2 Å². The normalized spacial score (nSPS) is 11.0. The van der Waals surface area contributed by atoms with Crippen LogP contribution < -0.4 is 10.2 Å². The number of ether oxygens (including phenoxy) is 1. The second kappa shape index (κ2) is 7.90. The zero-order valence-electron chi connectivity index (χ0n) is 15.3. The summed E-state index contributed by atoms with van der Waals surface area (Å²) in [6.07, 6.45) is 0. The maximum Gasteiger partial charge on any atom is 0.235 e. The van der Waals surface area contributed by atoms with E-state index in [2.05, 4.69) is 0 Å². The van der Waals surface area contributed by atoms with Crippen LogP contribution in [0.5, 0.6) is 5.75 Å². The summed E-state index contributed by atoms with van der Waals surface area (Å²) >= 11 is 12.1. The van der Waals surface area contributed by atoms with Crippen molar-refractivity contribution < 1.29 is 13.5 Å². The highest BCUT2D eigenvalue weighted by Gasteiger charge is 2.19. The number of fused-ring (bicyclic) bond motifs is 1. The van der Waals surface area contributed by atoms with Crippen molar-refractivity contribution in [3.05, 3.63) is 97.9 Å². The first-order valence-corrected chi connectivity index (χ1v) is 9.59. The van der Waals surface area contributed by atoms with Gasteiger partial charge in [-0.2, -0.15) is 0 Å². The minimum Gasteiger partial charge on any atom is -0.481 e. The van der Waals surface area contributed by atoms with Gasteiger partial charge in [0.2, 0.25) is 11.2 Å². The maximum atomic E-state index is 14.1. The van der Waals surface area contributed by atoms with Crippen LogP contribution in [-0.2, 0) is 6.61 Å². The largest absolute Gasteiger partial charge is 0.481 e. The highest BCUT2D eigenvalue weighted by atomic mass is 35.5. The van der Waals surface area contributed by atoms with Gasteiger partial charge in [0.25, 0.3) is 0 Å². The Kier molecular flexibility index (Phi) is 5.31. The summed E-state index contributed by atoms with van der Waals surface area (Å²) in [5, 5.41) is 1.16. The molecule has 0 fully saturated rings. The molecule has 1 aromatic heterocycles. The van der Waals surface area contributed by atoms with Crippen molar-refractivity contribution in [1.29, 1.82) is 0 Å². The van der Waals surface area contributed by atoms with Crippen LogP contribution in [0.15, 0.2) is 69.9 Å². The van der Waals surface area contributed by atoms with Crippen molar-refractivity contribution in [2.45, 2.75) is 13.5 Å². The summed E-state index contributed by atoms with van der Waals surface area (Å²) in [6.45, 7) is 1.67. The summed E-state index contributed by atoms with van der Waals surface area (Å²) in [7, 11) is 0. The fourth-order valence-electron chi connectivity index (χ4n) is 3.03. The molecule has 0 saturated heterocycles. The molecule has 0 amide bonds. The molecular weight excluding hydrogens is 414 g/mol. The molecule has 1 heterocycles. The predicted octanol–water partition coefficient (Wildman–Crippen LogP) is 6.79. The fraction of sp³-hybridized carbons (Fsp3) is 0.0870. The Morgan fingerprint density at radius 1 is 1.03 bits per heavy atom. The molecule has 29 heavy (non-hydrogen) atoms. The van der Waals surface area contributed by atoms with Crippen LogP contribution in [0.3, 0.4) is 0 Å². The van der Waals surface area contributed by atoms with Gasteiger partial charge in [0.15, 0.2) is 5.76 Å². The average molecular weight is 429 g/mol. The molecule has 0 aliphatic rings. The van der Waals surface area contributed by atoms with Gasteiger partial charge in [0, 0.05) is 16.1 Å². The van der Waals surface area contributed by atoms with Gasteiger partial charge in [-0.15, -0.1) is 0 Å². The van der Waals surface area contributed by atoms with Gasteiger partial charge in [0.05, 0.1) is 10.4 Å². The lowest BCUT2D eigenvalue weighted by molar-refractivity contribution is 0.292. The molecule has 0 atom stereocenters. The van der Waals surface area contributed by atoms with Gasteiger partial charge in [-0.3, -0.25) is 4.79 Å². The van der Waals surface area contributed by atoms with E-state index in [0.717, 1.165) is 5.56 Å². The highest BCUT2D eigenvalue weighted by molar-refractivity contribution is 6.31. The molecule has 146 valence electrons. The Balaban J connectivity index is 1.87. The van der Waals surface area contributed by atoms with Crippen molar-refractivity contribution in [2.24, 2.45) is 0 Å². The Labute approximate surface area is 176 Å². The molecule has 0 saturated carbocycles. The van der Waals surface area contributed by atoms with Crippen LogP contribution in [0.1, 0.15) is 11.1 Å². The first-order chi connectivity index (χ1) is 13.9. The van der Waals surface area contributed by atoms with E-state index in [1.807, 2.05) is 13.0 Å². The summed E-state index contributed by atoms with van der Waals surface area (Å²) in [4.78, 5) is 13.2. The molecule has 0 aliphatic heterocycles. The van der Waals surface area contributed by atoms with Crippen LogP contribution in [0, 0.1) is 12.7 Å². The zero-order chi connectivity index (χ0) is 20.5. The molecule has 4 rings (SSSR count). The molecule has 0 radical (unpaired) electrons. The second-order valence-electron chi connectivity index (χ2n) is 6.58. The van der Waals surface area contributed by atoms with E-state index in [0.29, 0.717) is 21.6 Å². The monoisotopic (exact) mass is 428 g/mol. The number of aryl methyl sites for hydroxylation is 1. The van der Waals surface area contributed by atoms with E-state index in [-0.39, 0.29) is 34.1 Å². The van der Waals surface area contributed by atoms with Crippen molar-refractivity contribution >= 4 is 34.2 Å². The lowest BCUT2D eigenvalue weighted by Crippen LogP contribution is -2.11. The molecule has 0 N–H and O–H groups in total. The number of hydrogen-bond donors (Lipinski definition) is 0. The average Bonchev–Trinajstić information content (AvgIpc) is 2.70. The molecule has 0 aliphatic carbocycles. The summed E-state index contributed by atoms with van der Waals surface area (Å²) < 4.78 is 25.9. The Bertz CT molecular complexity index is 1240. The minimum absolute atomic E-state index is 0.00950. The maximum absolute atomic E-state index is 14.1. The quantitative estimate of drug-likeness (QED) is 0.359. The van der Waals surface area contributed by atoms with E-state index in [1.165, 1.54) is 12.1 Å². The molecule has 0 spiro atoms.